The quantitative estimate of drug-likeness (QED) is 0.897. The first-order chi connectivity index (χ1) is 8.74. The van der Waals surface area contributed by atoms with Crippen molar-refractivity contribution in [2.45, 2.75) is 20.3 Å². The molecule has 1 rings (SSSR count). The lowest BCUT2D eigenvalue weighted by atomic mass is 9.85. The SMILES string of the molecule is COc1c(CC(C)(C)C(=O)O)cc(Br)c(F)c1OC. The Hall–Kier alpha value is -1.30. The summed E-state index contributed by atoms with van der Waals surface area (Å²) in [6.45, 7) is 3.19. The molecule has 0 aliphatic carbocycles. The van der Waals surface area contributed by atoms with E-state index in [2.05, 4.69) is 15.9 Å². The van der Waals surface area contributed by atoms with Gasteiger partial charge in [0, 0.05) is 5.56 Å². The molecule has 0 unspecified atom stereocenters. The maximum atomic E-state index is 13.9. The zero-order valence-electron chi connectivity index (χ0n) is 11.2. The van der Waals surface area contributed by atoms with Crippen molar-refractivity contribution >= 4 is 21.9 Å². The molecule has 1 aromatic rings. The molecule has 0 aliphatic rings. The number of hydrogen-bond acceptors (Lipinski definition) is 3. The number of carbonyl (C=O) groups is 1. The third-order valence-corrected chi connectivity index (χ3v) is 3.40. The van der Waals surface area contributed by atoms with Gasteiger partial charge in [0.05, 0.1) is 24.1 Å². The Morgan fingerprint density at radius 3 is 2.32 bits per heavy atom. The molecule has 6 heteroatoms. The van der Waals surface area contributed by atoms with Gasteiger partial charge in [-0.05, 0) is 42.3 Å². The summed E-state index contributed by atoms with van der Waals surface area (Å²) in [5.41, 5.74) is -0.421. The fourth-order valence-corrected chi connectivity index (χ4v) is 2.18. The van der Waals surface area contributed by atoms with Crippen molar-refractivity contribution in [3.05, 3.63) is 21.9 Å². The van der Waals surface area contributed by atoms with Gasteiger partial charge in [-0.2, -0.15) is 0 Å². The first-order valence-electron chi connectivity index (χ1n) is 5.56. The van der Waals surface area contributed by atoms with Gasteiger partial charge in [0.1, 0.15) is 0 Å². The normalized spacial score (nSPS) is 11.3. The summed E-state index contributed by atoms with van der Waals surface area (Å²) in [6, 6.07) is 1.52. The minimum Gasteiger partial charge on any atom is -0.492 e. The lowest BCUT2D eigenvalue weighted by Gasteiger charge is -2.22. The highest BCUT2D eigenvalue weighted by molar-refractivity contribution is 9.10. The van der Waals surface area contributed by atoms with Crippen LogP contribution in [0.3, 0.4) is 0 Å². The summed E-state index contributed by atoms with van der Waals surface area (Å²) < 4.78 is 24.2. The monoisotopic (exact) mass is 334 g/mol. The van der Waals surface area contributed by atoms with E-state index in [9.17, 15) is 9.18 Å². The summed E-state index contributed by atoms with van der Waals surface area (Å²) in [4.78, 5) is 11.2. The molecule has 0 bridgehead atoms. The Morgan fingerprint density at radius 2 is 1.89 bits per heavy atom. The number of rotatable bonds is 5. The van der Waals surface area contributed by atoms with Crippen LogP contribution in [0.5, 0.6) is 11.5 Å². The molecule has 0 saturated carbocycles. The topological polar surface area (TPSA) is 55.8 Å². The van der Waals surface area contributed by atoms with Crippen molar-refractivity contribution in [3.8, 4) is 11.5 Å². The molecule has 0 atom stereocenters. The minimum atomic E-state index is -0.991. The van der Waals surface area contributed by atoms with Gasteiger partial charge in [0.2, 0.25) is 0 Å². The second-order valence-corrected chi connectivity index (χ2v) is 5.62. The molecule has 106 valence electrons. The Kier molecular flexibility index (Phi) is 4.79. The second kappa shape index (κ2) is 5.77. The average molecular weight is 335 g/mol. The fourth-order valence-electron chi connectivity index (χ4n) is 1.72. The molecule has 1 aromatic carbocycles. The first kappa shape index (κ1) is 15.8. The van der Waals surface area contributed by atoms with Gasteiger partial charge in [0.15, 0.2) is 17.3 Å². The maximum Gasteiger partial charge on any atom is 0.309 e. The van der Waals surface area contributed by atoms with Crippen LogP contribution in [0.1, 0.15) is 19.4 Å². The van der Waals surface area contributed by atoms with Crippen LogP contribution in [0, 0.1) is 11.2 Å². The maximum absolute atomic E-state index is 13.9. The molecule has 4 nitrogen and oxygen atoms in total. The minimum absolute atomic E-state index is 0.0342. The van der Waals surface area contributed by atoms with Crippen LogP contribution >= 0.6 is 15.9 Å². The molecule has 0 saturated heterocycles. The molecule has 0 radical (unpaired) electrons. The molecule has 0 aromatic heterocycles. The third-order valence-electron chi connectivity index (χ3n) is 2.83. The molecule has 0 amide bonds. The van der Waals surface area contributed by atoms with Gasteiger partial charge in [0.25, 0.3) is 0 Å². The predicted molar refractivity (Wildman–Crippen MR) is 72.3 cm³/mol. The van der Waals surface area contributed by atoms with E-state index in [1.807, 2.05) is 0 Å². The molecule has 0 spiro atoms. The average Bonchev–Trinajstić information content (AvgIpc) is 2.32. The largest absolute Gasteiger partial charge is 0.492 e. The van der Waals surface area contributed by atoms with Crippen LogP contribution in [0.4, 0.5) is 4.39 Å². The van der Waals surface area contributed by atoms with Crippen LogP contribution in [0.2, 0.25) is 0 Å². The van der Waals surface area contributed by atoms with E-state index in [1.165, 1.54) is 20.3 Å². The highest BCUT2D eigenvalue weighted by Gasteiger charge is 2.30. The van der Waals surface area contributed by atoms with Crippen molar-refractivity contribution in [2.75, 3.05) is 14.2 Å². The van der Waals surface area contributed by atoms with Crippen LogP contribution in [-0.4, -0.2) is 25.3 Å². The number of ether oxygens (including phenoxy) is 2. The highest BCUT2D eigenvalue weighted by atomic mass is 79.9. The smallest absolute Gasteiger partial charge is 0.309 e. The molecular formula is C13H16BrFO4. The number of aliphatic carboxylic acids is 1. The van der Waals surface area contributed by atoms with Crippen molar-refractivity contribution in [1.29, 1.82) is 0 Å². The van der Waals surface area contributed by atoms with E-state index < -0.39 is 17.2 Å². The summed E-state index contributed by atoms with van der Waals surface area (Å²) in [7, 11) is 2.72. The van der Waals surface area contributed by atoms with Crippen molar-refractivity contribution < 1.29 is 23.8 Å². The van der Waals surface area contributed by atoms with Crippen molar-refractivity contribution in [1.82, 2.24) is 0 Å². The van der Waals surface area contributed by atoms with Gasteiger partial charge in [-0.25, -0.2) is 4.39 Å². The number of hydrogen-bond donors (Lipinski definition) is 1. The molecule has 1 N–H and O–H groups in total. The Morgan fingerprint density at radius 1 is 1.37 bits per heavy atom. The lowest BCUT2D eigenvalue weighted by Crippen LogP contribution is -2.26. The molecule has 0 heterocycles. The number of carboxylic acid groups (broad SMARTS) is 1. The predicted octanol–water partition coefficient (Wildman–Crippen LogP) is 3.26. The molecule has 0 aliphatic heterocycles. The number of carboxylic acids is 1. The number of halogens is 2. The fraction of sp³-hybridized carbons (Fsp3) is 0.462. The molecule has 0 fully saturated rings. The van der Waals surface area contributed by atoms with Crippen LogP contribution in [0.15, 0.2) is 10.5 Å². The Labute approximate surface area is 119 Å². The lowest BCUT2D eigenvalue weighted by molar-refractivity contribution is -0.146. The van der Waals surface area contributed by atoms with E-state index in [1.54, 1.807) is 13.8 Å². The van der Waals surface area contributed by atoms with E-state index >= 15 is 0 Å². The van der Waals surface area contributed by atoms with E-state index in [4.69, 9.17) is 14.6 Å². The summed E-state index contributed by atoms with van der Waals surface area (Å²) in [6.07, 6.45) is 0.195. The van der Waals surface area contributed by atoms with E-state index in [-0.39, 0.29) is 22.4 Å². The van der Waals surface area contributed by atoms with Gasteiger partial charge < -0.3 is 14.6 Å². The van der Waals surface area contributed by atoms with Crippen LogP contribution in [-0.2, 0) is 11.2 Å². The van der Waals surface area contributed by atoms with Gasteiger partial charge in [-0.3, -0.25) is 4.79 Å². The van der Waals surface area contributed by atoms with Gasteiger partial charge in [-0.15, -0.1) is 0 Å². The van der Waals surface area contributed by atoms with Crippen molar-refractivity contribution in [3.63, 3.8) is 0 Å². The summed E-state index contributed by atoms with van der Waals surface area (Å²) >= 11 is 3.09. The second-order valence-electron chi connectivity index (χ2n) is 4.76. The third kappa shape index (κ3) is 3.18. The zero-order chi connectivity index (χ0) is 14.8. The summed E-state index contributed by atoms with van der Waals surface area (Å²) in [5, 5.41) is 9.16. The van der Waals surface area contributed by atoms with Crippen LogP contribution in [0.25, 0.3) is 0 Å². The first-order valence-corrected chi connectivity index (χ1v) is 6.36. The van der Waals surface area contributed by atoms with Gasteiger partial charge in [-0.1, -0.05) is 0 Å². The van der Waals surface area contributed by atoms with E-state index in [0.29, 0.717) is 5.56 Å². The molecular weight excluding hydrogens is 319 g/mol. The van der Waals surface area contributed by atoms with Gasteiger partial charge >= 0.3 is 5.97 Å². The zero-order valence-corrected chi connectivity index (χ0v) is 12.8. The Bertz CT molecular complexity index is 500. The van der Waals surface area contributed by atoms with Crippen LogP contribution < -0.4 is 9.47 Å². The standard InChI is InChI=1S/C13H16BrFO4/c1-13(2,12(16)17)6-7-5-8(14)9(15)11(19-4)10(7)18-3/h5H,6H2,1-4H3,(H,16,17). The number of methoxy groups -OCH3 is 2. The number of benzene rings is 1. The Balaban J connectivity index is 3.36. The molecule has 19 heavy (non-hydrogen) atoms. The summed E-state index contributed by atoms with van der Waals surface area (Å²) in [5.74, 6) is -1.32. The highest BCUT2D eigenvalue weighted by Crippen LogP contribution is 2.40. The van der Waals surface area contributed by atoms with E-state index in [0.717, 1.165) is 0 Å². The van der Waals surface area contributed by atoms with Crippen molar-refractivity contribution in [2.24, 2.45) is 5.41 Å².